The van der Waals surface area contributed by atoms with Crippen LogP contribution in [-0.4, -0.2) is 36.0 Å². The summed E-state index contributed by atoms with van der Waals surface area (Å²) >= 11 is 0. The Bertz CT molecular complexity index is 501. The minimum atomic E-state index is 0.0434. The van der Waals surface area contributed by atoms with Crippen molar-refractivity contribution in [2.75, 3.05) is 31.1 Å². The molecule has 0 amide bonds. The molecule has 0 spiro atoms. The summed E-state index contributed by atoms with van der Waals surface area (Å²) in [5.41, 5.74) is 1.04. The summed E-state index contributed by atoms with van der Waals surface area (Å²) in [6.45, 7) is 5.07. The first-order valence-corrected chi connectivity index (χ1v) is 8.36. The Morgan fingerprint density at radius 1 is 1.24 bits per heavy atom. The van der Waals surface area contributed by atoms with Gasteiger partial charge in [-0.1, -0.05) is 0 Å². The molecule has 5 heteroatoms. The molecular formula is C16H26N4O. The second kappa shape index (κ2) is 7.07. The van der Waals surface area contributed by atoms with Crippen LogP contribution in [0, 0.1) is 5.92 Å². The van der Waals surface area contributed by atoms with Crippen LogP contribution in [0.1, 0.15) is 38.5 Å². The molecule has 0 radical (unpaired) electrons. The Kier molecular flexibility index (Phi) is 4.91. The van der Waals surface area contributed by atoms with Crippen molar-refractivity contribution in [1.82, 2.24) is 15.1 Å². The smallest absolute Gasteiger partial charge is 0.268 e. The van der Waals surface area contributed by atoms with Gasteiger partial charge in [-0.25, -0.2) is 4.68 Å². The summed E-state index contributed by atoms with van der Waals surface area (Å²) in [6.07, 6.45) is 9.18. The van der Waals surface area contributed by atoms with Crippen LogP contribution in [0.5, 0.6) is 0 Å². The molecule has 5 nitrogen and oxygen atoms in total. The van der Waals surface area contributed by atoms with Gasteiger partial charge in [0.1, 0.15) is 0 Å². The van der Waals surface area contributed by atoms with Crippen molar-refractivity contribution >= 4 is 5.69 Å². The molecule has 2 aliphatic rings. The molecule has 1 unspecified atom stereocenters. The lowest BCUT2D eigenvalue weighted by molar-refractivity contribution is 0.332. The van der Waals surface area contributed by atoms with E-state index in [1.165, 1.54) is 32.1 Å². The molecule has 1 N–H and O–H groups in total. The Morgan fingerprint density at radius 3 is 2.81 bits per heavy atom. The highest BCUT2D eigenvalue weighted by Gasteiger charge is 2.15. The van der Waals surface area contributed by atoms with Crippen LogP contribution in [0.15, 0.2) is 17.1 Å². The van der Waals surface area contributed by atoms with Gasteiger partial charge in [-0.15, -0.1) is 0 Å². The summed E-state index contributed by atoms with van der Waals surface area (Å²) in [4.78, 5) is 14.5. The minimum Gasteiger partial charge on any atom is -0.370 e. The fraction of sp³-hybridized carbons (Fsp3) is 0.750. The average Bonchev–Trinajstić information content (AvgIpc) is 2.55. The number of rotatable bonds is 4. The summed E-state index contributed by atoms with van der Waals surface area (Å²) < 4.78 is 1.63. The van der Waals surface area contributed by atoms with E-state index in [9.17, 15) is 4.79 Å². The van der Waals surface area contributed by atoms with E-state index in [4.69, 9.17) is 0 Å². The second-order valence-electron chi connectivity index (χ2n) is 6.32. The molecule has 3 heterocycles. The fourth-order valence-corrected chi connectivity index (χ4v) is 3.39. The van der Waals surface area contributed by atoms with E-state index in [1.54, 1.807) is 10.7 Å². The molecule has 3 rings (SSSR count). The number of piperidine rings is 2. The van der Waals surface area contributed by atoms with Crippen molar-refractivity contribution in [2.45, 2.75) is 45.1 Å². The van der Waals surface area contributed by atoms with Crippen LogP contribution in [0.4, 0.5) is 5.69 Å². The maximum atomic E-state index is 12.2. The van der Waals surface area contributed by atoms with Crippen molar-refractivity contribution in [2.24, 2.45) is 5.92 Å². The molecule has 0 aliphatic carbocycles. The average molecular weight is 290 g/mol. The van der Waals surface area contributed by atoms with Crippen LogP contribution < -0.4 is 15.8 Å². The Labute approximate surface area is 126 Å². The first-order valence-electron chi connectivity index (χ1n) is 8.36. The van der Waals surface area contributed by atoms with E-state index in [2.05, 4.69) is 15.3 Å². The maximum absolute atomic E-state index is 12.2. The molecule has 21 heavy (non-hydrogen) atoms. The Hall–Kier alpha value is -1.36. The second-order valence-corrected chi connectivity index (χ2v) is 6.32. The van der Waals surface area contributed by atoms with E-state index in [-0.39, 0.29) is 5.56 Å². The SMILES string of the molecule is O=c1cc(N2CCCCC2)cnn1CCC1CCCNC1. The van der Waals surface area contributed by atoms with E-state index in [0.717, 1.165) is 44.8 Å². The Morgan fingerprint density at radius 2 is 2.10 bits per heavy atom. The van der Waals surface area contributed by atoms with Gasteiger partial charge in [0.25, 0.3) is 5.56 Å². The quantitative estimate of drug-likeness (QED) is 0.915. The molecule has 1 aromatic rings. The third kappa shape index (κ3) is 3.84. The Balaban J connectivity index is 1.59. The first-order chi connectivity index (χ1) is 10.3. The zero-order valence-corrected chi connectivity index (χ0v) is 12.8. The number of aryl methyl sites for hydroxylation is 1. The van der Waals surface area contributed by atoms with Crippen molar-refractivity contribution in [3.63, 3.8) is 0 Å². The zero-order chi connectivity index (χ0) is 14.5. The van der Waals surface area contributed by atoms with Gasteiger partial charge in [0.05, 0.1) is 11.9 Å². The molecule has 2 aliphatic heterocycles. The standard InChI is InChI=1S/C16H26N4O/c21-16-11-15(19-8-2-1-3-9-19)13-18-20(16)10-6-14-5-4-7-17-12-14/h11,13-14,17H,1-10,12H2. The van der Waals surface area contributed by atoms with Crippen LogP contribution in [0.25, 0.3) is 0 Å². The molecule has 2 fully saturated rings. The highest BCUT2D eigenvalue weighted by Crippen LogP contribution is 2.17. The van der Waals surface area contributed by atoms with Gasteiger partial charge in [0.2, 0.25) is 0 Å². The molecular weight excluding hydrogens is 264 g/mol. The fourth-order valence-electron chi connectivity index (χ4n) is 3.39. The van der Waals surface area contributed by atoms with Gasteiger partial charge >= 0.3 is 0 Å². The van der Waals surface area contributed by atoms with E-state index in [1.807, 2.05) is 6.20 Å². The van der Waals surface area contributed by atoms with Crippen LogP contribution in [0.2, 0.25) is 0 Å². The van der Waals surface area contributed by atoms with Crippen molar-refractivity contribution in [3.05, 3.63) is 22.6 Å². The molecule has 1 atom stereocenters. The third-order valence-corrected chi connectivity index (χ3v) is 4.72. The van der Waals surface area contributed by atoms with Crippen LogP contribution >= 0.6 is 0 Å². The predicted molar refractivity (Wildman–Crippen MR) is 84.8 cm³/mol. The minimum absolute atomic E-state index is 0.0434. The lowest BCUT2D eigenvalue weighted by Crippen LogP contribution is -2.33. The summed E-state index contributed by atoms with van der Waals surface area (Å²) in [6, 6.07) is 1.76. The van der Waals surface area contributed by atoms with Crippen molar-refractivity contribution < 1.29 is 0 Å². The van der Waals surface area contributed by atoms with Crippen molar-refractivity contribution in [1.29, 1.82) is 0 Å². The summed E-state index contributed by atoms with van der Waals surface area (Å²) in [5.74, 6) is 0.689. The van der Waals surface area contributed by atoms with Gasteiger partial charge in [-0.05, 0) is 57.5 Å². The van der Waals surface area contributed by atoms with Gasteiger partial charge in [0, 0.05) is 25.7 Å². The normalized spacial score (nSPS) is 23.2. The first kappa shape index (κ1) is 14.6. The summed E-state index contributed by atoms with van der Waals surface area (Å²) in [7, 11) is 0. The topological polar surface area (TPSA) is 50.2 Å². The lowest BCUT2D eigenvalue weighted by atomic mass is 9.96. The van der Waals surface area contributed by atoms with Gasteiger partial charge in [-0.2, -0.15) is 5.10 Å². The molecule has 0 bridgehead atoms. The van der Waals surface area contributed by atoms with Crippen molar-refractivity contribution in [3.8, 4) is 0 Å². The maximum Gasteiger partial charge on any atom is 0.268 e. The predicted octanol–water partition coefficient (Wildman–Crippen LogP) is 1.62. The van der Waals surface area contributed by atoms with Gasteiger partial charge in [0.15, 0.2) is 0 Å². The molecule has 0 saturated carbocycles. The molecule has 116 valence electrons. The van der Waals surface area contributed by atoms with Gasteiger partial charge in [-0.3, -0.25) is 4.79 Å². The van der Waals surface area contributed by atoms with E-state index >= 15 is 0 Å². The number of anilines is 1. The largest absolute Gasteiger partial charge is 0.370 e. The third-order valence-electron chi connectivity index (χ3n) is 4.72. The number of nitrogens with one attached hydrogen (secondary N) is 1. The van der Waals surface area contributed by atoms with Crippen LogP contribution in [0.3, 0.4) is 0 Å². The number of hydrogen-bond acceptors (Lipinski definition) is 4. The van der Waals surface area contributed by atoms with Crippen LogP contribution in [-0.2, 0) is 6.54 Å². The number of nitrogens with zero attached hydrogens (tertiary/aromatic N) is 3. The number of hydrogen-bond donors (Lipinski definition) is 1. The zero-order valence-electron chi connectivity index (χ0n) is 12.8. The van der Waals surface area contributed by atoms with E-state index < -0.39 is 0 Å². The lowest BCUT2D eigenvalue weighted by Gasteiger charge is -2.28. The molecule has 0 aromatic carbocycles. The highest BCUT2D eigenvalue weighted by molar-refractivity contribution is 5.43. The monoisotopic (exact) mass is 290 g/mol. The highest BCUT2D eigenvalue weighted by atomic mass is 16.1. The summed E-state index contributed by atoms with van der Waals surface area (Å²) in [5, 5.41) is 7.80. The molecule has 1 aromatic heterocycles. The van der Waals surface area contributed by atoms with E-state index in [0.29, 0.717) is 5.92 Å². The molecule has 2 saturated heterocycles. The van der Waals surface area contributed by atoms with Gasteiger partial charge < -0.3 is 10.2 Å². The number of aromatic nitrogens is 2.